The molecule has 98 valence electrons. The summed E-state index contributed by atoms with van der Waals surface area (Å²) in [5.74, 6) is 0.0844. The van der Waals surface area contributed by atoms with Crippen LogP contribution < -0.4 is 4.74 Å². The van der Waals surface area contributed by atoms with Gasteiger partial charge in [0, 0.05) is 18.1 Å². The Hall–Kier alpha value is -1.87. The normalized spacial score (nSPS) is 21.6. The van der Waals surface area contributed by atoms with Crippen LogP contribution in [0.15, 0.2) is 42.5 Å². The number of benzene rings is 2. The highest BCUT2D eigenvalue weighted by Crippen LogP contribution is 2.40. The molecule has 3 heteroatoms. The van der Waals surface area contributed by atoms with E-state index in [-0.39, 0.29) is 11.9 Å². The second kappa shape index (κ2) is 4.67. The summed E-state index contributed by atoms with van der Waals surface area (Å²) in [6.45, 7) is 2.01. The van der Waals surface area contributed by atoms with Crippen molar-refractivity contribution in [1.29, 1.82) is 0 Å². The summed E-state index contributed by atoms with van der Waals surface area (Å²) in [5, 5.41) is 10.2. The molecule has 1 N–H and O–H groups in total. The van der Waals surface area contributed by atoms with Gasteiger partial charge in [0.25, 0.3) is 0 Å². The monoisotopic (exact) mass is 258 g/mol. The molecule has 2 atom stereocenters. The molecule has 3 rings (SSSR count). The van der Waals surface area contributed by atoms with Crippen molar-refractivity contribution in [3.05, 3.63) is 65.0 Å². The van der Waals surface area contributed by atoms with Crippen LogP contribution in [0.4, 0.5) is 4.39 Å². The van der Waals surface area contributed by atoms with E-state index in [1.807, 2.05) is 31.2 Å². The summed E-state index contributed by atoms with van der Waals surface area (Å²) >= 11 is 0. The minimum atomic E-state index is -0.616. The van der Waals surface area contributed by atoms with Crippen LogP contribution in [0.25, 0.3) is 0 Å². The maximum absolute atomic E-state index is 13.3. The van der Waals surface area contributed by atoms with Crippen molar-refractivity contribution in [2.24, 2.45) is 0 Å². The number of aliphatic hydroxyl groups excluding tert-OH is 1. The molecule has 1 aliphatic rings. The lowest BCUT2D eigenvalue weighted by atomic mass is 9.94. The Kier molecular flexibility index (Phi) is 2.99. The molecule has 0 saturated heterocycles. The molecule has 1 unspecified atom stereocenters. The van der Waals surface area contributed by atoms with Crippen LogP contribution in [0.2, 0.25) is 0 Å². The van der Waals surface area contributed by atoms with Gasteiger partial charge in [-0.3, -0.25) is 0 Å². The highest BCUT2D eigenvalue weighted by atomic mass is 19.1. The molecule has 0 amide bonds. The summed E-state index contributed by atoms with van der Waals surface area (Å²) in [6.07, 6.45) is -0.360. The largest absolute Gasteiger partial charge is 0.485 e. The van der Waals surface area contributed by atoms with Crippen molar-refractivity contribution < 1.29 is 14.2 Å². The predicted octanol–water partition coefficient (Wildman–Crippen LogP) is 3.69. The van der Waals surface area contributed by atoms with Gasteiger partial charge in [0.05, 0.1) is 6.10 Å². The van der Waals surface area contributed by atoms with Gasteiger partial charge >= 0.3 is 0 Å². The number of halogens is 1. The first-order valence-corrected chi connectivity index (χ1v) is 6.34. The first-order chi connectivity index (χ1) is 9.13. The van der Waals surface area contributed by atoms with Gasteiger partial charge in [-0.05, 0) is 24.6 Å². The first-order valence-electron chi connectivity index (χ1n) is 6.34. The van der Waals surface area contributed by atoms with E-state index in [2.05, 4.69) is 0 Å². The van der Waals surface area contributed by atoms with E-state index in [0.717, 1.165) is 11.1 Å². The van der Waals surface area contributed by atoms with Crippen LogP contribution in [0.5, 0.6) is 5.75 Å². The molecule has 2 aromatic carbocycles. The van der Waals surface area contributed by atoms with Crippen LogP contribution in [0.3, 0.4) is 0 Å². The molecule has 0 aliphatic carbocycles. The molecule has 2 nitrogen and oxygen atoms in total. The van der Waals surface area contributed by atoms with Crippen molar-refractivity contribution >= 4 is 0 Å². The average Bonchev–Trinajstić information content (AvgIpc) is 2.38. The van der Waals surface area contributed by atoms with Crippen molar-refractivity contribution in [2.75, 3.05) is 0 Å². The van der Waals surface area contributed by atoms with E-state index in [4.69, 9.17) is 4.74 Å². The highest BCUT2D eigenvalue weighted by molar-refractivity contribution is 5.39. The van der Waals surface area contributed by atoms with E-state index in [9.17, 15) is 9.50 Å². The standard InChI is InChI=1S/C16H15FO2/c1-10-3-2-4-11(7-10)15-9-14(18)13-6-5-12(17)8-16(13)19-15/h2-8,14-15,18H,9H2,1H3/t14-,15?/m1/s1. The lowest BCUT2D eigenvalue weighted by Gasteiger charge is -2.30. The summed E-state index contributed by atoms with van der Waals surface area (Å²) in [5.41, 5.74) is 2.81. The Balaban J connectivity index is 1.96. The molecular formula is C16H15FO2. The summed E-state index contributed by atoms with van der Waals surface area (Å²) in [4.78, 5) is 0. The molecule has 0 fully saturated rings. The number of hydrogen-bond acceptors (Lipinski definition) is 2. The van der Waals surface area contributed by atoms with E-state index in [1.54, 1.807) is 6.07 Å². The van der Waals surface area contributed by atoms with Gasteiger partial charge in [0.2, 0.25) is 0 Å². The molecule has 0 aromatic heterocycles. The molecule has 1 aliphatic heterocycles. The van der Waals surface area contributed by atoms with Gasteiger partial charge in [-0.15, -0.1) is 0 Å². The van der Waals surface area contributed by atoms with E-state index in [0.29, 0.717) is 17.7 Å². The van der Waals surface area contributed by atoms with Crippen LogP contribution >= 0.6 is 0 Å². The lowest BCUT2D eigenvalue weighted by molar-refractivity contribution is 0.0653. The molecular weight excluding hydrogens is 243 g/mol. The van der Waals surface area contributed by atoms with E-state index >= 15 is 0 Å². The number of aryl methyl sites for hydroxylation is 1. The summed E-state index contributed by atoms with van der Waals surface area (Å²) < 4.78 is 19.1. The SMILES string of the molecule is Cc1cccc(C2C[C@@H](O)c3ccc(F)cc3O2)c1. The smallest absolute Gasteiger partial charge is 0.128 e. The quantitative estimate of drug-likeness (QED) is 0.845. The third kappa shape index (κ3) is 2.34. The van der Waals surface area contributed by atoms with Crippen LogP contribution in [-0.2, 0) is 0 Å². The fourth-order valence-electron chi connectivity index (χ4n) is 2.49. The molecule has 0 radical (unpaired) electrons. The average molecular weight is 258 g/mol. The van der Waals surface area contributed by atoms with Crippen molar-refractivity contribution in [1.82, 2.24) is 0 Å². The summed E-state index contributed by atoms with van der Waals surface area (Å²) in [6, 6.07) is 12.2. The first kappa shape index (κ1) is 12.2. The Morgan fingerprint density at radius 3 is 2.84 bits per heavy atom. The third-order valence-electron chi connectivity index (χ3n) is 3.46. The Morgan fingerprint density at radius 2 is 2.05 bits per heavy atom. The van der Waals surface area contributed by atoms with Gasteiger partial charge in [0.15, 0.2) is 0 Å². The molecule has 0 bridgehead atoms. The number of hydrogen-bond donors (Lipinski definition) is 1. The zero-order valence-corrected chi connectivity index (χ0v) is 10.6. The van der Waals surface area contributed by atoms with E-state index < -0.39 is 6.10 Å². The Morgan fingerprint density at radius 1 is 1.21 bits per heavy atom. The van der Waals surface area contributed by atoms with Gasteiger partial charge < -0.3 is 9.84 Å². The van der Waals surface area contributed by atoms with E-state index in [1.165, 1.54) is 12.1 Å². The fraction of sp³-hybridized carbons (Fsp3) is 0.250. The minimum Gasteiger partial charge on any atom is -0.485 e. The molecule has 2 aromatic rings. The summed E-state index contributed by atoms with van der Waals surface area (Å²) in [7, 11) is 0. The van der Waals surface area contributed by atoms with Crippen LogP contribution in [0.1, 0.15) is 35.3 Å². The lowest BCUT2D eigenvalue weighted by Crippen LogP contribution is -2.19. The van der Waals surface area contributed by atoms with Gasteiger partial charge in [0.1, 0.15) is 17.7 Å². The molecule has 19 heavy (non-hydrogen) atoms. The van der Waals surface area contributed by atoms with Crippen molar-refractivity contribution in [3.8, 4) is 5.75 Å². The van der Waals surface area contributed by atoms with Gasteiger partial charge in [-0.1, -0.05) is 29.8 Å². The second-order valence-electron chi connectivity index (χ2n) is 4.95. The zero-order chi connectivity index (χ0) is 13.4. The number of aliphatic hydroxyl groups is 1. The van der Waals surface area contributed by atoms with Crippen LogP contribution in [-0.4, -0.2) is 5.11 Å². The van der Waals surface area contributed by atoms with Gasteiger partial charge in [-0.25, -0.2) is 4.39 Å². The zero-order valence-electron chi connectivity index (χ0n) is 10.6. The van der Waals surface area contributed by atoms with Crippen LogP contribution in [0, 0.1) is 12.7 Å². The minimum absolute atomic E-state index is 0.232. The van der Waals surface area contributed by atoms with Crippen molar-refractivity contribution in [3.63, 3.8) is 0 Å². The fourth-order valence-corrected chi connectivity index (χ4v) is 2.49. The second-order valence-corrected chi connectivity index (χ2v) is 4.95. The number of rotatable bonds is 1. The maximum atomic E-state index is 13.3. The third-order valence-corrected chi connectivity index (χ3v) is 3.46. The molecule has 1 heterocycles. The Labute approximate surface area is 111 Å². The van der Waals surface area contributed by atoms with Gasteiger partial charge in [-0.2, -0.15) is 0 Å². The molecule has 0 saturated carbocycles. The Bertz CT molecular complexity index is 609. The highest BCUT2D eigenvalue weighted by Gasteiger charge is 2.28. The maximum Gasteiger partial charge on any atom is 0.128 e. The molecule has 0 spiro atoms. The number of fused-ring (bicyclic) bond motifs is 1. The number of ether oxygens (including phenoxy) is 1. The van der Waals surface area contributed by atoms with Crippen molar-refractivity contribution in [2.45, 2.75) is 25.6 Å². The predicted molar refractivity (Wildman–Crippen MR) is 70.5 cm³/mol. The topological polar surface area (TPSA) is 29.5 Å².